The van der Waals surface area contributed by atoms with Crippen LogP contribution >= 0.6 is 0 Å². The van der Waals surface area contributed by atoms with Crippen LogP contribution in [-0.4, -0.2) is 48.6 Å². The van der Waals surface area contributed by atoms with Crippen molar-refractivity contribution in [2.45, 2.75) is 76.3 Å². The molecule has 3 atom stereocenters. The SMILES string of the molecule is CC(C)(O)CCCC1(C)CCc2c(cc3c(c2O)C(=O)[C@H](O)[C@@H](c2ccc(O)c(O)c2)O3)O1. The number of aliphatic hydroxyl groups is 2. The van der Waals surface area contributed by atoms with Gasteiger partial charge in [-0.25, -0.2) is 0 Å². The number of ether oxygens (including phenoxy) is 2. The minimum atomic E-state index is -1.60. The molecule has 0 fully saturated rings. The Morgan fingerprint density at radius 1 is 1.12 bits per heavy atom. The normalized spacial score (nSPS) is 24.5. The number of fused-ring (bicyclic) bond motifs is 2. The molecular weight excluding hydrogens is 428 g/mol. The summed E-state index contributed by atoms with van der Waals surface area (Å²) in [6.45, 7) is 5.52. The molecule has 2 aromatic carbocycles. The van der Waals surface area contributed by atoms with E-state index in [2.05, 4.69) is 0 Å². The number of carbonyl (C=O) groups is 1. The van der Waals surface area contributed by atoms with Crippen molar-refractivity contribution in [1.82, 2.24) is 0 Å². The van der Waals surface area contributed by atoms with Gasteiger partial charge in [-0.2, -0.15) is 0 Å². The van der Waals surface area contributed by atoms with Gasteiger partial charge < -0.3 is 35.0 Å². The van der Waals surface area contributed by atoms with Crippen LogP contribution in [0.4, 0.5) is 0 Å². The predicted octanol–water partition coefficient (Wildman–Crippen LogP) is 3.51. The van der Waals surface area contributed by atoms with Gasteiger partial charge in [-0.3, -0.25) is 4.79 Å². The lowest BCUT2D eigenvalue weighted by molar-refractivity contribution is 0.0189. The molecule has 0 saturated heterocycles. The van der Waals surface area contributed by atoms with Gasteiger partial charge >= 0.3 is 0 Å². The first-order valence-electron chi connectivity index (χ1n) is 11.1. The monoisotopic (exact) mass is 458 g/mol. The summed E-state index contributed by atoms with van der Waals surface area (Å²) in [5.41, 5.74) is -0.550. The van der Waals surface area contributed by atoms with E-state index in [0.29, 0.717) is 42.6 Å². The van der Waals surface area contributed by atoms with Gasteiger partial charge in [0.25, 0.3) is 0 Å². The Labute approximate surface area is 192 Å². The van der Waals surface area contributed by atoms with E-state index in [-0.39, 0.29) is 22.8 Å². The molecule has 2 aromatic rings. The molecule has 178 valence electrons. The third-order valence-corrected chi connectivity index (χ3v) is 6.47. The first-order chi connectivity index (χ1) is 15.4. The van der Waals surface area contributed by atoms with E-state index in [9.17, 15) is 30.3 Å². The first kappa shape index (κ1) is 23.2. The fourth-order valence-corrected chi connectivity index (χ4v) is 4.56. The molecule has 0 aromatic heterocycles. The van der Waals surface area contributed by atoms with Crippen molar-refractivity contribution in [3.05, 3.63) is 41.0 Å². The number of aromatic hydroxyl groups is 3. The summed E-state index contributed by atoms with van der Waals surface area (Å²) < 4.78 is 12.2. The molecule has 33 heavy (non-hydrogen) atoms. The molecule has 0 amide bonds. The predicted molar refractivity (Wildman–Crippen MR) is 119 cm³/mol. The number of phenols is 3. The quantitative estimate of drug-likeness (QED) is 0.430. The standard InChI is InChI=1S/C25H30O8/c1-24(2,31)8-4-9-25(3)10-7-14-17(33-25)12-18-19(20(14)28)21(29)22(30)23(32-18)13-5-6-15(26)16(27)11-13/h5-6,11-12,22-23,26-28,30-31H,4,7-10H2,1-3H3/t22-,23+,25?/m0/s1. The van der Waals surface area contributed by atoms with E-state index < -0.39 is 34.9 Å². The molecular formula is C25H30O8. The van der Waals surface area contributed by atoms with Crippen LogP contribution in [0.5, 0.6) is 28.7 Å². The number of aliphatic hydroxyl groups excluding tert-OH is 1. The molecule has 5 N–H and O–H groups in total. The highest BCUT2D eigenvalue weighted by Crippen LogP contribution is 2.49. The summed E-state index contributed by atoms with van der Waals surface area (Å²) in [6.07, 6.45) is 0.502. The van der Waals surface area contributed by atoms with Gasteiger partial charge in [0.05, 0.1) is 5.60 Å². The lowest BCUT2D eigenvalue weighted by atomic mass is 9.84. The highest BCUT2D eigenvalue weighted by atomic mass is 16.5. The Kier molecular flexibility index (Phi) is 5.70. The highest BCUT2D eigenvalue weighted by Gasteiger charge is 2.42. The van der Waals surface area contributed by atoms with E-state index in [1.54, 1.807) is 19.9 Å². The van der Waals surface area contributed by atoms with Gasteiger partial charge in [-0.1, -0.05) is 6.07 Å². The summed E-state index contributed by atoms with van der Waals surface area (Å²) in [7, 11) is 0. The molecule has 2 aliphatic heterocycles. The number of phenolic OH excluding ortho intramolecular Hbond substituents is 3. The van der Waals surface area contributed by atoms with E-state index in [1.165, 1.54) is 18.2 Å². The van der Waals surface area contributed by atoms with Crippen LogP contribution < -0.4 is 9.47 Å². The average molecular weight is 459 g/mol. The van der Waals surface area contributed by atoms with Gasteiger partial charge in [0.2, 0.25) is 5.78 Å². The fraction of sp³-hybridized carbons (Fsp3) is 0.480. The van der Waals surface area contributed by atoms with Crippen LogP contribution in [0, 0.1) is 0 Å². The minimum Gasteiger partial charge on any atom is -0.507 e. The lowest BCUT2D eigenvalue weighted by Gasteiger charge is -2.38. The van der Waals surface area contributed by atoms with Gasteiger partial charge in [-0.05, 0) is 70.6 Å². The van der Waals surface area contributed by atoms with Crippen molar-refractivity contribution in [2.75, 3.05) is 0 Å². The number of hydrogen-bond donors (Lipinski definition) is 5. The second kappa shape index (κ2) is 8.11. The molecule has 0 spiro atoms. The van der Waals surface area contributed by atoms with Crippen LogP contribution in [0.3, 0.4) is 0 Å². The maximum atomic E-state index is 13.0. The molecule has 2 heterocycles. The van der Waals surface area contributed by atoms with Crippen molar-refractivity contribution < 1.29 is 39.8 Å². The Bertz CT molecular complexity index is 1090. The van der Waals surface area contributed by atoms with E-state index in [0.717, 1.165) is 6.42 Å². The van der Waals surface area contributed by atoms with Crippen molar-refractivity contribution in [3.63, 3.8) is 0 Å². The summed E-state index contributed by atoms with van der Waals surface area (Å²) in [5.74, 6) is -1.18. The highest BCUT2D eigenvalue weighted by molar-refractivity contribution is 6.06. The number of carbonyl (C=O) groups excluding carboxylic acids is 1. The Morgan fingerprint density at radius 2 is 1.85 bits per heavy atom. The molecule has 0 radical (unpaired) electrons. The van der Waals surface area contributed by atoms with E-state index in [1.807, 2.05) is 6.92 Å². The van der Waals surface area contributed by atoms with Crippen LogP contribution in [-0.2, 0) is 6.42 Å². The maximum absolute atomic E-state index is 13.0. The smallest absolute Gasteiger partial charge is 0.202 e. The van der Waals surface area contributed by atoms with Crippen LogP contribution in [0.25, 0.3) is 0 Å². The van der Waals surface area contributed by atoms with Gasteiger partial charge in [0.1, 0.15) is 28.4 Å². The molecule has 1 unspecified atom stereocenters. The van der Waals surface area contributed by atoms with E-state index >= 15 is 0 Å². The van der Waals surface area contributed by atoms with Crippen LogP contribution in [0.2, 0.25) is 0 Å². The van der Waals surface area contributed by atoms with Crippen molar-refractivity contribution in [3.8, 4) is 28.7 Å². The van der Waals surface area contributed by atoms with Crippen molar-refractivity contribution in [1.29, 1.82) is 0 Å². The summed E-state index contributed by atoms with van der Waals surface area (Å²) in [6, 6.07) is 5.47. The lowest BCUT2D eigenvalue weighted by Crippen LogP contribution is -2.38. The topological polar surface area (TPSA) is 137 Å². The molecule has 0 bridgehead atoms. The van der Waals surface area contributed by atoms with Crippen LogP contribution in [0.1, 0.15) is 74.0 Å². The third-order valence-electron chi connectivity index (χ3n) is 6.47. The number of ketones is 1. The fourth-order valence-electron chi connectivity index (χ4n) is 4.56. The second-order valence-electron chi connectivity index (χ2n) is 9.89. The molecule has 8 heteroatoms. The van der Waals surface area contributed by atoms with Crippen LogP contribution in [0.15, 0.2) is 24.3 Å². The summed E-state index contributed by atoms with van der Waals surface area (Å²) in [4.78, 5) is 13.0. The maximum Gasteiger partial charge on any atom is 0.202 e. The molecule has 4 rings (SSSR count). The summed E-state index contributed by atoms with van der Waals surface area (Å²) >= 11 is 0. The van der Waals surface area contributed by atoms with Crippen molar-refractivity contribution in [2.24, 2.45) is 0 Å². The Morgan fingerprint density at radius 3 is 2.52 bits per heavy atom. The first-order valence-corrected chi connectivity index (χ1v) is 11.1. The second-order valence-corrected chi connectivity index (χ2v) is 9.89. The summed E-state index contributed by atoms with van der Waals surface area (Å²) in [5, 5.41) is 50.8. The number of rotatable bonds is 5. The van der Waals surface area contributed by atoms with Crippen molar-refractivity contribution >= 4 is 5.78 Å². The minimum absolute atomic E-state index is 0.0832. The number of hydrogen-bond acceptors (Lipinski definition) is 8. The number of Topliss-reactive ketones (excluding diaryl/α,β-unsaturated/α-hetero) is 1. The third kappa shape index (κ3) is 4.45. The zero-order valence-corrected chi connectivity index (χ0v) is 19.0. The molecule has 8 nitrogen and oxygen atoms in total. The molecule has 0 aliphatic carbocycles. The zero-order chi connectivity index (χ0) is 24.1. The zero-order valence-electron chi connectivity index (χ0n) is 19.0. The molecule has 0 saturated carbocycles. The van der Waals surface area contributed by atoms with E-state index in [4.69, 9.17) is 9.47 Å². The van der Waals surface area contributed by atoms with Gasteiger partial charge in [0, 0.05) is 11.6 Å². The Hall–Kier alpha value is -2.97. The largest absolute Gasteiger partial charge is 0.507 e. The van der Waals surface area contributed by atoms with Gasteiger partial charge in [-0.15, -0.1) is 0 Å². The average Bonchev–Trinajstić information content (AvgIpc) is 2.71. The Balaban J connectivity index is 1.64. The molecule has 2 aliphatic rings. The van der Waals surface area contributed by atoms with Gasteiger partial charge in [0.15, 0.2) is 23.7 Å². The number of benzene rings is 2.